The van der Waals surface area contributed by atoms with Gasteiger partial charge in [0.15, 0.2) is 0 Å². The zero-order valence-electron chi connectivity index (χ0n) is 11.9. The number of carbonyl (C=O) groups is 2. The Bertz CT molecular complexity index is 543. The summed E-state index contributed by atoms with van der Waals surface area (Å²) >= 11 is 0. The maximum absolute atomic E-state index is 12.1. The predicted octanol–water partition coefficient (Wildman–Crippen LogP) is 2.58. The summed E-state index contributed by atoms with van der Waals surface area (Å²) in [4.78, 5) is 24.1. The molecule has 0 spiro atoms. The lowest BCUT2D eigenvalue weighted by molar-refractivity contribution is -0.154. The van der Waals surface area contributed by atoms with E-state index in [1.54, 1.807) is 26.8 Å². The summed E-state index contributed by atoms with van der Waals surface area (Å²) in [6.45, 7) is 5.46. The van der Waals surface area contributed by atoms with Crippen molar-refractivity contribution in [3.05, 3.63) is 41.5 Å². The van der Waals surface area contributed by atoms with Crippen molar-refractivity contribution < 1.29 is 19.1 Å². The molecule has 0 N–H and O–H groups in total. The van der Waals surface area contributed by atoms with E-state index in [4.69, 9.17) is 9.47 Å². The van der Waals surface area contributed by atoms with Crippen LogP contribution in [0.3, 0.4) is 0 Å². The standard InChI is InChI=1S/C16H18O4/c1-4-19-15(18)13-12(14(17)20-16(13,2)3)10-11-8-6-5-7-9-11/h5-10,13H,4H2,1-3H3/b12-10+. The summed E-state index contributed by atoms with van der Waals surface area (Å²) in [6, 6.07) is 9.37. The largest absolute Gasteiger partial charge is 0.465 e. The molecule has 1 fully saturated rings. The highest BCUT2D eigenvalue weighted by Gasteiger charge is 2.51. The first-order valence-corrected chi connectivity index (χ1v) is 6.62. The van der Waals surface area contributed by atoms with Crippen LogP contribution in [0.5, 0.6) is 0 Å². The first-order chi connectivity index (χ1) is 9.45. The van der Waals surface area contributed by atoms with Crippen LogP contribution in [0.1, 0.15) is 26.3 Å². The minimum Gasteiger partial charge on any atom is -0.465 e. The van der Waals surface area contributed by atoms with E-state index in [1.807, 2.05) is 30.3 Å². The Labute approximate surface area is 118 Å². The molecule has 0 bridgehead atoms. The maximum atomic E-state index is 12.1. The summed E-state index contributed by atoms with van der Waals surface area (Å²) in [5.74, 6) is -1.59. The van der Waals surface area contributed by atoms with Crippen molar-refractivity contribution in [2.45, 2.75) is 26.4 Å². The van der Waals surface area contributed by atoms with E-state index in [2.05, 4.69) is 0 Å². The first kappa shape index (κ1) is 14.3. The van der Waals surface area contributed by atoms with Crippen LogP contribution in [0.2, 0.25) is 0 Å². The van der Waals surface area contributed by atoms with Gasteiger partial charge >= 0.3 is 11.9 Å². The summed E-state index contributed by atoms with van der Waals surface area (Å²) in [5, 5.41) is 0. The Balaban J connectivity index is 2.41. The number of hydrogen-bond acceptors (Lipinski definition) is 4. The predicted molar refractivity (Wildman–Crippen MR) is 74.7 cm³/mol. The fourth-order valence-electron chi connectivity index (χ4n) is 2.36. The molecule has 2 rings (SSSR count). The molecular formula is C16H18O4. The normalized spacial score (nSPS) is 22.6. The maximum Gasteiger partial charge on any atom is 0.335 e. The molecule has 1 unspecified atom stereocenters. The lowest BCUT2D eigenvalue weighted by Crippen LogP contribution is -2.35. The first-order valence-electron chi connectivity index (χ1n) is 6.62. The molecule has 4 heteroatoms. The van der Waals surface area contributed by atoms with Gasteiger partial charge in [-0.25, -0.2) is 4.79 Å². The summed E-state index contributed by atoms with van der Waals surface area (Å²) < 4.78 is 10.4. The van der Waals surface area contributed by atoms with Crippen LogP contribution in [-0.4, -0.2) is 24.1 Å². The minimum absolute atomic E-state index is 0.276. The second-order valence-corrected chi connectivity index (χ2v) is 5.19. The molecule has 0 amide bonds. The zero-order chi connectivity index (χ0) is 14.8. The van der Waals surface area contributed by atoms with Crippen LogP contribution < -0.4 is 0 Å². The van der Waals surface area contributed by atoms with Gasteiger partial charge in [0.2, 0.25) is 0 Å². The van der Waals surface area contributed by atoms with Gasteiger partial charge in [-0.05, 0) is 32.4 Å². The van der Waals surface area contributed by atoms with Gasteiger partial charge in [-0.1, -0.05) is 30.3 Å². The number of esters is 2. The van der Waals surface area contributed by atoms with E-state index in [1.165, 1.54) is 0 Å². The van der Waals surface area contributed by atoms with E-state index < -0.39 is 23.5 Å². The fourth-order valence-corrected chi connectivity index (χ4v) is 2.36. The van der Waals surface area contributed by atoms with E-state index in [9.17, 15) is 9.59 Å². The summed E-state index contributed by atoms with van der Waals surface area (Å²) in [6.07, 6.45) is 1.69. The van der Waals surface area contributed by atoms with Crippen LogP contribution in [0.15, 0.2) is 35.9 Å². The molecule has 106 valence electrons. The molecule has 0 saturated carbocycles. The Kier molecular flexibility index (Phi) is 3.93. The van der Waals surface area contributed by atoms with E-state index >= 15 is 0 Å². The van der Waals surface area contributed by atoms with Gasteiger partial charge in [-0.15, -0.1) is 0 Å². The molecular weight excluding hydrogens is 256 g/mol. The molecule has 20 heavy (non-hydrogen) atoms. The molecule has 4 nitrogen and oxygen atoms in total. The molecule has 0 radical (unpaired) electrons. The molecule has 0 aromatic heterocycles. The second-order valence-electron chi connectivity index (χ2n) is 5.19. The van der Waals surface area contributed by atoms with E-state index in [0.29, 0.717) is 5.57 Å². The molecule has 1 aliphatic heterocycles. The number of ether oxygens (including phenoxy) is 2. The summed E-state index contributed by atoms with van der Waals surface area (Å²) in [5.41, 5.74) is 0.315. The topological polar surface area (TPSA) is 52.6 Å². The Hall–Kier alpha value is -2.10. The highest BCUT2D eigenvalue weighted by molar-refractivity contribution is 6.03. The van der Waals surface area contributed by atoms with Gasteiger partial charge in [-0.3, -0.25) is 4.79 Å². The average Bonchev–Trinajstić information content (AvgIpc) is 2.60. The molecule has 1 aliphatic rings. The summed E-state index contributed by atoms with van der Waals surface area (Å²) in [7, 11) is 0. The Morgan fingerprint density at radius 1 is 1.35 bits per heavy atom. The monoisotopic (exact) mass is 274 g/mol. The quantitative estimate of drug-likeness (QED) is 0.628. The fraction of sp³-hybridized carbons (Fsp3) is 0.375. The molecule has 0 aliphatic carbocycles. The van der Waals surface area contributed by atoms with Crippen LogP contribution in [0, 0.1) is 5.92 Å². The van der Waals surface area contributed by atoms with Crippen LogP contribution in [0.4, 0.5) is 0 Å². The molecule has 1 aromatic carbocycles. The Morgan fingerprint density at radius 2 is 2.00 bits per heavy atom. The van der Waals surface area contributed by atoms with Gasteiger partial charge in [0.05, 0.1) is 12.2 Å². The Morgan fingerprint density at radius 3 is 2.60 bits per heavy atom. The molecule has 1 saturated heterocycles. The minimum atomic E-state index is -0.885. The van der Waals surface area contributed by atoms with Crippen molar-refractivity contribution in [3.63, 3.8) is 0 Å². The van der Waals surface area contributed by atoms with Gasteiger partial charge < -0.3 is 9.47 Å². The number of rotatable bonds is 3. The van der Waals surface area contributed by atoms with Crippen LogP contribution in [-0.2, 0) is 19.1 Å². The van der Waals surface area contributed by atoms with Crippen molar-refractivity contribution in [3.8, 4) is 0 Å². The van der Waals surface area contributed by atoms with E-state index in [-0.39, 0.29) is 6.61 Å². The van der Waals surface area contributed by atoms with Crippen molar-refractivity contribution in [2.24, 2.45) is 5.92 Å². The van der Waals surface area contributed by atoms with Gasteiger partial charge in [0, 0.05) is 0 Å². The number of carbonyl (C=O) groups excluding carboxylic acids is 2. The van der Waals surface area contributed by atoms with Gasteiger partial charge in [0.1, 0.15) is 11.5 Å². The van der Waals surface area contributed by atoms with Gasteiger partial charge in [0.25, 0.3) is 0 Å². The smallest absolute Gasteiger partial charge is 0.335 e. The van der Waals surface area contributed by atoms with E-state index in [0.717, 1.165) is 5.56 Å². The SMILES string of the molecule is CCOC(=O)C1/C(=C\c2ccccc2)C(=O)OC1(C)C. The highest BCUT2D eigenvalue weighted by atomic mass is 16.6. The lowest BCUT2D eigenvalue weighted by atomic mass is 9.86. The average molecular weight is 274 g/mol. The molecule has 1 heterocycles. The van der Waals surface area contributed by atoms with Gasteiger partial charge in [-0.2, -0.15) is 0 Å². The van der Waals surface area contributed by atoms with Crippen molar-refractivity contribution in [1.29, 1.82) is 0 Å². The second kappa shape index (κ2) is 5.49. The highest BCUT2D eigenvalue weighted by Crippen LogP contribution is 2.38. The molecule has 1 aromatic rings. The number of cyclic esters (lactones) is 1. The lowest BCUT2D eigenvalue weighted by Gasteiger charge is -2.22. The third-order valence-corrected chi connectivity index (χ3v) is 3.24. The third kappa shape index (κ3) is 2.74. The molecule has 1 atom stereocenters. The van der Waals surface area contributed by atoms with Crippen molar-refractivity contribution in [2.75, 3.05) is 6.61 Å². The number of benzene rings is 1. The number of hydrogen-bond donors (Lipinski definition) is 0. The third-order valence-electron chi connectivity index (χ3n) is 3.24. The van der Waals surface area contributed by atoms with Crippen molar-refractivity contribution >= 4 is 18.0 Å². The van der Waals surface area contributed by atoms with Crippen molar-refractivity contribution in [1.82, 2.24) is 0 Å². The van der Waals surface area contributed by atoms with Crippen LogP contribution >= 0.6 is 0 Å². The zero-order valence-corrected chi connectivity index (χ0v) is 11.9. The van der Waals surface area contributed by atoms with Crippen LogP contribution in [0.25, 0.3) is 6.08 Å².